The quantitative estimate of drug-likeness (QED) is 0.408. The summed E-state index contributed by atoms with van der Waals surface area (Å²) < 4.78 is 19.2. The average molecular weight is 436 g/mol. The number of fused-ring (bicyclic) bond motifs is 1. The van der Waals surface area contributed by atoms with Crippen LogP contribution in [0, 0.1) is 5.82 Å². The predicted molar refractivity (Wildman–Crippen MR) is 115 cm³/mol. The van der Waals surface area contributed by atoms with Crippen molar-refractivity contribution < 1.29 is 18.7 Å². The Morgan fingerprint density at radius 2 is 1.87 bits per heavy atom. The van der Waals surface area contributed by atoms with Crippen molar-refractivity contribution in [3.63, 3.8) is 0 Å². The molecule has 0 spiro atoms. The Labute approximate surface area is 181 Å². The molecule has 4 rings (SSSR count). The van der Waals surface area contributed by atoms with Crippen LogP contribution in [0.25, 0.3) is 10.9 Å². The van der Waals surface area contributed by atoms with Crippen LogP contribution in [0.5, 0.6) is 11.6 Å². The lowest BCUT2D eigenvalue weighted by Gasteiger charge is -2.13. The van der Waals surface area contributed by atoms with Crippen molar-refractivity contribution in [3.05, 3.63) is 89.0 Å². The van der Waals surface area contributed by atoms with Crippen LogP contribution in [0.2, 0.25) is 5.02 Å². The Bertz CT molecular complexity index is 1310. The second-order valence-corrected chi connectivity index (χ2v) is 7.06. The molecule has 0 saturated carbocycles. The largest absolute Gasteiger partial charge is 0.437 e. The zero-order chi connectivity index (χ0) is 22.0. The Morgan fingerprint density at radius 1 is 1.06 bits per heavy atom. The van der Waals surface area contributed by atoms with Crippen LogP contribution in [-0.4, -0.2) is 21.7 Å². The molecule has 2 heterocycles. The molecule has 0 aliphatic rings. The molecule has 6 nitrogen and oxygen atoms in total. The summed E-state index contributed by atoms with van der Waals surface area (Å²) in [5, 5.41) is 3.49. The first-order valence-electron chi connectivity index (χ1n) is 9.22. The topological polar surface area (TPSA) is 81.2 Å². The number of ketones is 1. The van der Waals surface area contributed by atoms with Crippen LogP contribution >= 0.6 is 11.6 Å². The molecule has 1 N–H and O–H groups in total. The molecular weight excluding hydrogens is 421 g/mol. The van der Waals surface area contributed by atoms with Gasteiger partial charge in [0.15, 0.2) is 5.78 Å². The molecule has 31 heavy (non-hydrogen) atoms. The third kappa shape index (κ3) is 4.51. The molecule has 0 aliphatic carbocycles. The number of hydrogen-bond acceptors (Lipinski definition) is 5. The van der Waals surface area contributed by atoms with Crippen LogP contribution in [0.1, 0.15) is 27.8 Å². The summed E-state index contributed by atoms with van der Waals surface area (Å²) in [6.45, 7) is 1.41. The third-order valence-electron chi connectivity index (χ3n) is 4.42. The number of nitrogens with zero attached hydrogens (tertiary/aromatic N) is 2. The number of para-hydroxylation sites is 1. The molecule has 0 atom stereocenters. The van der Waals surface area contributed by atoms with Crippen LogP contribution in [0.15, 0.2) is 66.9 Å². The fourth-order valence-electron chi connectivity index (χ4n) is 2.88. The van der Waals surface area contributed by atoms with Gasteiger partial charge in [-0.1, -0.05) is 29.8 Å². The summed E-state index contributed by atoms with van der Waals surface area (Å²) in [5.41, 5.74) is 1.45. The molecule has 0 saturated heterocycles. The van der Waals surface area contributed by atoms with Gasteiger partial charge in [-0.05, 0) is 42.5 Å². The molecule has 154 valence electrons. The summed E-state index contributed by atoms with van der Waals surface area (Å²) in [5.74, 6) is -1.01. The number of rotatable bonds is 5. The number of aromatic nitrogens is 2. The molecular formula is C23H15ClFN3O3. The van der Waals surface area contributed by atoms with Crippen molar-refractivity contribution in [1.82, 2.24) is 9.97 Å². The van der Waals surface area contributed by atoms with Crippen LogP contribution in [0.4, 0.5) is 10.1 Å². The van der Waals surface area contributed by atoms with Crippen LogP contribution < -0.4 is 10.1 Å². The van der Waals surface area contributed by atoms with E-state index in [0.717, 1.165) is 11.5 Å². The number of halogens is 2. The number of Topliss-reactive ketones (excluding diaryl/α,β-unsaturated/α-hetero) is 1. The summed E-state index contributed by atoms with van der Waals surface area (Å²) in [6.07, 6.45) is 1.39. The van der Waals surface area contributed by atoms with E-state index in [1.807, 2.05) is 18.2 Å². The van der Waals surface area contributed by atoms with Gasteiger partial charge in [0.2, 0.25) is 5.88 Å². The summed E-state index contributed by atoms with van der Waals surface area (Å²) in [4.78, 5) is 32.8. The van der Waals surface area contributed by atoms with Crippen molar-refractivity contribution >= 4 is 39.9 Å². The van der Waals surface area contributed by atoms with Gasteiger partial charge in [-0.3, -0.25) is 14.6 Å². The first-order chi connectivity index (χ1) is 14.9. The Kier molecular flexibility index (Phi) is 5.60. The van der Waals surface area contributed by atoms with E-state index >= 15 is 0 Å². The van der Waals surface area contributed by atoms with Crippen molar-refractivity contribution in [2.75, 3.05) is 5.32 Å². The summed E-state index contributed by atoms with van der Waals surface area (Å²) >= 11 is 6.07. The maximum absolute atomic E-state index is 13.4. The van der Waals surface area contributed by atoms with Crippen molar-refractivity contribution in [2.45, 2.75) is 6.92 Å². The third-order valence-corrected chi connectivity index (χ3v) is 4.71. The van der Waals surface area contributed by atoms with Gasteiger partial charge in [0.05, 0.1) is 22.4 Å². The van der Waals surface area contributed by atoms with Gasteiger partial charge in [0.25, 0.3) is 5.91 Å². The van der Waals surface area contributed by atoms with E-state index in [1.54, 1.807) is 18.2 Å². The maximum atomic E-state index is 13.4. The highest BCUT2D eigenvalue weighted by atomic mass is 35.5. The molecule has 0 unspecified atom stereocenters. The number of anilines is 1. The fourth-order valence-corrected chi connectivity index (χ4v) is 3.08. The number of benzene rings is 2. The van der Waals surface area contributed by atoms with E-state index in [-0.39, 0.29) is 28.0 Å². The number of carbonyl (C=O) groups excluding carboxylic acids is 2. The number of amides is 1. The lowest BCUT2D eigenvalue weighted by atomic mass is 10.1. The molecule has 1 amide bonds. The molecule has 0 radical (unpaired) electrons. The Balaban J connectivity index is 1.71. The molecule has 8 heteroatoms. The predicted octanol–water partition coefficient (Wildman–Crippen LogP) is 5.67. The van der Waals surface area contributed by atoms with Crippen LogP contribution in [0.3, 0.4) is 0 Å². The van der Waals surface area contributed by atoms with Crippen LogP contribution in [-0.2, 0) is 0 Å². The minimum absolute atomic E-state index is 0.0121. The smallest absolute Gasteiger partial charge is 0.261 e. The van der Waals surface area contributed by atoms with Gasteiger partial charge in [-0.25, -0.2) is 9.37 Å². The molecule has 4 aromatic rings. The minimum atomic E-state index is -0.511. The number of nitrogens with one attached hydrogen (secondary N) is 1. The fraction of sp³-hybridized carbons (Fsp3) is 0.0435. The first-order valence-corrected chi connectivity index (χ1v) is 9.59. The minimum Gasteiger partial charge on any atom is -0.437 e. The molecule has 0 bridgehead atoms. The highest BCUT2D eigenvalue weighted by Gasteiger charge is 2.18. The van der Waals surface area contributed by atoms with Gasteiger partial charge >= 0.3 is 0 Å². The van der Waals surface area contributed by atoms with E-state index in [2.05, 4.69) is 15.3 Å². The van der Waals surface area contributed by atoms with Gasteiger partial charge in [0.1, 0.15) is 22.8 Å². The highest BCUT2D eigenvalue weighted by Crippen LogP contribution is 2.32. The highest BCUT2D eigenvalue weighted by molar-refractivity contribution is 6.32. The van der Waals surface area contributed by atoms with E-state index in [9.17, 15) is 14.0 Å². The number of carbonyl (C=O) groups is 2. The second kappa shape index (κ2) is 8.49. The number of ether oxygens (including phenoxy) is 1. The molecule has 0 aliphatic heterocycles. The lowest BCUT2D eigenvalue weighted by Crippen LogP contribution is -2.14. The van der Waals surface area contributed by atoms with Crippen molar-refractivity contribution in [3.8, 4) is 11.6 Å². The summed E-state index contributed by atoms with van der Waals surface area (Å²) in [6, 6.07) is 15.6. The van der Waals surface area contributed by atoms with Gasteiger partial charge in [-0.2, -0.15) is 0 Å². The SMILES string of the molecule is CC(=O)c1ccc(NC(=O)c2cc3ccccc3nc2Oc2ccc(F)cc2Cl)cn1. The lowest BCUT2D eigenvalue weighted by molar-refractivity contribution is 0.101. The van der Waals surface area contributed by atoms with Gasteiger partial charge in [0, 0.05) is 12.3 Å². The summed E-state index contributed by atoms with van der Waals surface area (Å²) in [7, 11) is 0. The van der Waals surface area contributed by atoms with E-state index < -0.39 is 11.7 Å². The van der Waals surface area contributed by atoms with E-state index in [0.29, 0.717) is 16.9 Å². The zero-order valence-electron chi connectivity index (χ0n) is 16.2. The normalized spacial score (nSPS) is 10.7. The Morgan fingerprint density at radius 3 is 2.58 bits per heavy atom. The average Bonchev–Trinajstić information content (AvgIpc) is 2.75. The van der Waals surface area contributed by atoms with Crippen molar-refractivity contribution in [1.29, 1.82) is 0 Å². The monoisotopic (exact) mass is 435 g/mol. The molecule has 2 aromatic heterocycles. The standard InChI is InChI=1S/C23H15ClFN3O3/c1-13(29)19-8-7-16(12-26-19)27-22(30)17-10-14-4-2-3-5-20(14)28-23(17)31-21-9-6-15(25)11-18(21)24/h2-12H,1H3,(H,27,30). The van der Waals surface area contributed by atoms with Gasteiger partial charge < -0.3 is 10.1 Å². The number of hydrogen-bond donors (Lipinski definition) is 1. The first kappa shape index (κ1) is 20.4. The van der Waals surface area contributed by atoms with Gasteiger partial charge in [-0.15, -0.1) is 0 Å². The van der Waals surface area contributed by atoms with Crippen molar-refractivity contribution in [2.24, 2.45) is 0 Å². The number of pyridine rings is 2. The molecule has 0 fully saturated rings. The zero-order valence-corrected chi connectivity index (χ0v) is 17.0. The molecule has 2 aromatic carbocycles. The second-order valence-electron chi connectivity index (χ2n) is 6.65. The maximum Gasteiger partial charge on any atom is 0.261 e. The van der Waals surface area contributed by atoms with E-state index in [4.69, 9.17) is 16.3 Å². The Hall–Kier alpha value is -3.84. The van der Waals surface area contributed by atoms with E-state index in [1.165, 1.54) is 31.3 Å².